The average molecular weight is 250 g/mol. The van der Waals surface area contributed by atoms with Crippen LogP contribution in [0.5, 0.6) is 0 Å². The first-order valence-electron chi connectivity index (χ1n) is 6.30. The summed E-state index contributed by atoms with van der Waals surface area (Å²) in [5.74, 6) is -0.203. The van der Waals surface area contributed by atoms with Crippen molar-refractivity contribution in [2.75, 3.05) is 0 Å². The highest BCUT2D eigenvalue weighted by molar-refractivity contribution is 5.79. The number of rotatable bonds is 4. The fourth-order valence-electron chi connectivity index (χ4n) is 2.01. The maximum absolute atomic E-state index is 13.1. The van der Waals surface area contributed by atoms with Crippen LogP contribution >= 0.6 is 0 Å². The van der Waals surface area contributed by atoms with Crippen molar-refractivity contribution < 1.29 is 9.18 Å². The first kappa shape index (κ1) is 13.0. The van der Waals surface area contributed by atoms with Gasteiger partial charge in [0.05, 0.1) is 0 Å². The van der Waals surface area contributed by atoms with Crippen LogP contribution in [0.25, 0.3) is 0 Å². The molecule has 3 nitrogen and oxygen atoms in total. The third-order valence-electron chi connectivity index (χ3n) is 3.60. The lowest BCUT2D eigenvalue weighted by molar-refractivity contribution is -0.125. The zero-order valence-corrected chi connectivity index (χ0v) is 10.7. The zero-order chi connectivity index (χ0) is 13.3. The van der Waals surface area contributed by atoms with E-state index in [1.807, 2.05) is 19.9 Å². The van der Waals surface area contributed by atoms with Crippen molar-refractivity contribution in [2.24, 2.45) is 11.7 Å². The normalized spacial score (nSPS) is 25.3. The molecule has 1 aromatic carbocycles. The van der Waals surface area contributed by atoms with Gasteiger partial charge in [0.2, 0.25) is 5.91 Å². The molecule has 1 aliphatic carbocycles. The number of carbonyl (C=O) groups excluding carboxylic acids is 1. The standard InChI is InChI=1S/C14H19FN2O/c1-8(9(2)16)14(18)17-13-7-12(13)10-4-3-5-11(15)6-10/h3-6,8-9,12-13H,7,16H2,1-2H3,(H,17,18). The Morgan fingerprint density at radius 2 is 2.22 bits per heavy atom. The molecule has 1 saturated carbocycles. The Labute approximate surface area is 107 Å². The lowest BCUT2D eigenvalue weighted by Crippen LogP contribution is -2.39. The van der Waals surface area contributed by atoms with Gasteiger partial charge in [0, 0.05) is 23.9 Å². The number of benzene rings is 1. The number of halogens is 1. The number of hydrogen-bond donors (Lipinski definition) is 2. The molecular formula is C14H19FN2O. The molecular weight excluding hydrogens is 231 g/mol. The van der Waals surface area contributed by atoms with E-state index in [1.165, 1.54) is 12.1 Å². The van der Waals surface area contributed by atoms with Crippen LogP contribution in [-0.2, 0) is 4.79 Å². The second-order valence-corrected chi connectivity index (χ2v) is 5.16. The molecule has 0 bridgehead atoms. The predicted octanol–water partition coefficient (Wildman–Crippen LogP) is 1.78. The van der Waals surface area contributed by atoms with E-state index in [-0.39, 0.29) is 35.6 Å². The smallest absolute Gasteiger partial charge is 0.224 e. The van der Waals surface area contributed by atoms with Crippen molar-refractivity contribution in [1.82, 2.24) is 5.32 Å². The van der Waals surface area contributed by atoms with Gasteiger partial charge in [0.25, 0.3) is 0 Å². The molecule has 18 heavy (non-hydrogen) atoms. The van der Waals surface area contributed by atoms with Crippen molar-refractivity contribution in [1.29, 1.82) is 0 Å². The summed E-state index contributed by atoms with van der Waals surface area (Å²) in [6.45, 7) is 3.64. The van der Waals surface area contributed by atoms with Crippen LogP contribution in [0.4, 0.5) is 4.39 Å². The summed E-state index contributed by atoms with van der Waals surface area (Å²) < 4.78 is 13.1. The number of nitrogens with one attached hydrogen (secondary N) is 1. The van der Waals surface area contributed by atoms with Gasteiger partial charge >= 0.3 is 0 Å². The fourth-order valence-corrected chi connectivity index (χ4v) is 2.01. The molecule has 98 valence electrons. The highest BCUT2D eigenvalue weighted by atomic mass is 19.1. The van der Waals surface area contributed by atoms with Gasteiger partial charge in [-0.15, -0.1) is 0 Å². The molecule has 3 N–H and O–H groups in total. The Hall–Kier alpha value is -1.42. The van der Waals surface area contributed by atoms with Gasteiger partial charge in [-0.2, -0.15) is 0 Å². The van der Waals surface area contributed by atoms with Crippen molar-refractivity contribution in [3.8, 4) is 0 Å². The third-order valence-corrected chi connectivity index (χ3v) is 3.60. The number of nitrogens with two attached hydrogens (primary N) is 1. The second-order valence-electron chi connectivity index (χ2n) is 5.16. The van der Waals surface area contributed by atoms with Gasteiger partial charge < -0.3 is 11.1 Å². The second kappa shape index (κ2) is 5.06. The van der Waals surface area contributed by atoms with E-state index < -0.39 is 0 Å². The van der Waals surface area contributed by atoms with E-state index in [2.05, 4.69) is 5.32 Å². The van der Waals surface area contributed by atoms with Crippen LogP contribution in [0.15, 0.2) is 24.3 Å². The first-order valence-corrected chi connectivity index (χ1v) is 6.30. The molecule has 1 fully saturated rings. The average Bonchev–Trinajstić information content (AvgIpc) is 3.07. The highest BCUT2D eigenvalue weighted by Crippen LogP contribution is 2.41. The zero-order valence-electron chi connectivity index (χ0n) is 10.7. The topological polar surface area (TPSA) is 55.1 Å². The van der Waals surface area contributed by atoms with E-state index in [4.69, 9.17) is 5.73 Å². The predicted molar refractivity (Wildman–Crippen MR) is 68.5 cm³/mol. The van der Waals surface area contributed by atoms with Crippen LogP contribution in [0.3, 0.4) is 0 Å². The van der Waals surface area contributed by atoms with E-state index in [0.717, 1.165) is 12.0 Å². The van der Waals surface area contributed by atoms with E-state index in [1.54, 1.807) is 6.07 Å². The molecule has 0 spiro atoms. The molecule has 1 amide bonds. The van der Waals surface area contributed by atoms with Crippen molar-refractivity contribution in [3.05, 3.63) is 35.6 Å². The summed E-state index contributed by atoms with van der Waals surface area (Å²) in [6.07, 6.45) is 0.876. The Morgan fingerprint density at radius 1 is 1.50 bits per heavy atom. The minimum Gasteiger partial charge on any atom is -0.352 e. The molecule has 0 saturated heterocycles. The summed E-state index contributed by atoms with van der Waals surface area (Å²) in [6, 6.07) is 6.53. The molecule has 0 aromatic heterocycles. The minimum atomic E-state index is -0.228. The van der Waals surface area contributed by atoms with Crippen molar-refractivity contribution in [3.63, 3.8) is 0 Å². The molecule has 1 aromatic rings. The van der Waals surface area contributed by atoms with E-state index in [0.29, 0.717) is 0 Å². The Kier molecular flexibility index (Phi) is 3.66. The molecule has 1 aliphatic rings. The molecule has 4 unspecified atom stereocenters. The molecule has 0 aliphatic heterocycles. The van der Waals surface area contributed by atoms with Crippen LogP contribution < -0.4 is 11.1 Å². The summed E-state index contributed by atoms with van der Waals surface area (Å²) in [5, 5.41) is 2.96. The summed E-state index contributed by atoms with van der Waals surface area (Å²) in [7, 11) is 0. The van der Waals surface area contributed by atoms with Crippen LogP contribution in [-0.4, -0.2) is 18.0 Å². The quantitative estimate of drug-likeness (QED) is 0.856. The van der Waals surface area contributed by atoms with E-state index >= 15 is 0 Å². The molecule has 2 rings (SSSR count). The Balaban J connectivity index is 1.90. The van der Waals surface area contributed by atoms with Crippen molar-refractivity contribution in [2.45, 2.75) is 38.3 Å². The van der Waals surface area contributed by atoms with Gasteiger partial charge in [0.1, 0.15) is 5.82 Å². The van der Waals surface area contributed by atoms with Gasteiger partial charge in [-0.05, 0) is 31.0 Å². The Morgan fingerprint density at radius 3 is 2.83 bits per heavy atom. The van der Waals surface area contributed by atoms with Gasteiger partial charge in [0.15, 0.2) is 0 Å². The lowest BCUT2D eigenvalue weighted by Gasteiger charge is -2.15. The largest absolute Gasteiger partial charge is 0.352 e. The van der Waals surface area contributed by atoms with Gasteiger partial charge in [-0.1, -0.05) is 19.1 Å². The monoisotopic (exact) mass is 250 g/mol. The highest BCUT2D eigenvalue weighted by Gasteiger charge is 2.40. The van der Waals surface area contributed by atoms with Crippen LogP contribution in [0.1, 0.15) is 31.7 Å². The fraction of sp³-hybridized carbons (Fsp3) is 0.500. The molecule has 0 heterocycles. The molecule has 0 radical (unpaired) electrons. The first-order chi connectivity index (χ1) is 8.49. The lowest BCUT2D eigenvalue weighted by atomic mass is 10.0. The summed E-state index contributed by atoms with van der Waals surface area (Å²) in [5.41, 5.74) is 6.64. The SMILES string of the molecule is CC(N)C(C)C(=O)NC1CC1c1cccc(F)c1. The molecule has 4 atom stereocenters. The number of amides is 1. The van der Waals surface area contributed by atoms with Crippen LogP contribution in [0, 0.1) is 11.7 Å². The maximum atomic E-state index is 13.1. The van der Waals surface area contributed by atoms with E-state index in [9.17, 15) is 9.18 Å². The van der Waals surface area contributed by atoms with Gasteiger partial charge in [-0.3, -0.25) is 4.79 Å². The molecule has 4 heteroatoms. The number of hydrogen-bond acceptors (Lipinski definition) is 2. The Bertz CT molecular complexity index is 447. The maximum Gasteiger partial charge on any atom is 0.224 e. The summed E-state index contributed by atoms with van der Waals surface area (Å²) in [4.78, 5) is 11.8. The summed E-state index contributed by atoms with van der Waals surface area (Å²) >= 11 is 0. The van der Waals surface area contributed by atoms with Crippen LogP contribution in [0.2, 0.25) is 0 Å². The van der Waals surface area contributed by atoms with Crippen molar-refractivity contribution >= 4 is 5.91 Å². The number of carbonyl (C=O) groups is 1. The minimum absolute atomic E-state index is 0.0195. The van der Waals surface area contributed by atoms with Gasteiger partial charge in [-0.25, -0.2) is 4.39 Å². The third kappa shape index (κ3) is 2.88.